The molecule has 6 heteroatoms. The maximum absolute atomic E-state index is 13.4. The fourth-order valence-electron chi connectivity index (χ4n) is 5.57. The fourth-order valence-corrected chi connectivity index (χ4v) is 7.15. The molecule has 0 spiro atoms. The van der Waals surface area contributed by atoms with Crippen LogP contribution >= 0.6 is 0 Å². The molecule has 3 aromatic carbocycles. The van der Waals surface area contributed by atoms with Crippen molar-refractivity contribution >= 4 is 10.0 Å². The highest BCUT2D eigenvalue weighted by molar-refractivity contribution is 7.88. The normalized spacial score (nSPS) is 24.0. The highest BCUT2D eigenvalue weighted by atomic mass is 32.2. The van der Waals surface area contributed by atoms with Gasteiger partial charge in [-0.1, -0.05) is 84.9 Å². The summed E-state index contributed by atoms with van der Waals surface area (Å²) in [7, 11) is -3.43. The monoisotopic (exact) mass is 476 g/mol. The maximum atomic E-state index is 13.4. The number of hydrogen-bond acceptors (Lipinski definition) is 4. The zero-order valence-corrected chi connectivity index (χ0v) is 20.1. The molecule has 3 atom stereocenters. The minimum atomic E-state index is -3.43. The predicted octanol–water partition coefficient (Wildman–Crippen LogP) is 4.11. The lowest BCUT2D eigenvalue weighted by Gasteiger charge is -2.57. The summed E-state index contributed by atoms with van der Waals surface area (Å²) in [5.74, 6) is 0.141. The predicted molar refractivity (Wildman–Crippen MR) is 136 cm³/mol. The maximum Gasteiger partial charge on any atom is 0.218 e. The van der Waals surface area contributed by atoms with Gasteiger partial charge < -0.3 is 5.11 Å². The van der Waals surface area contributed by atoms with E-state index in [1.807, 2.05) is 48.5 Å². The second-order valence-corrected chi connectivity index (χ2v) is 11.3. The van der Waals surface area contributed by atoms with Crippen molar-refractivity contribution < 1.29 is 13.5 Å². The number of aliphatic hydroxyl groups is 1. The van der Waals surface area contributed by atoms with Gasteiger partial charge in [0.05, 0.1) is 12.4 Å². The smallest absolute Gasteiger partial charge is 0.218 e. The highest BCUT2D eigenvalue weighted by Gasteiger charge is 2.50. The summed E-state index contributed by atoms with van der Waals surface area (Å²) < 4.78 is 28.4. The molecule has 2 aliphatic rings. The first-order chi connectivity index (χ1) is 16.6. The van der Waals surface area contributed by atoms with Crippen molar-refractivity contribution in [3.8, 4) is 11.1 Å². The SMILES string of the molecule is O=S(=O)(Cc1ccccc1)N1CCCCN2[C@H](C1)[C@@H](c1ccc(-c3ccccc3)cc1)[C@@H]2CO. The third-order valence-corrected chi connectivity index (χ3v) is 9.14. The molecule has 2 saturated heterocycles. The first-order valence-electron chi connectivity index (χ1n) is 12.1. The second-order valence-electron chi connectivity index (χ2n) is 9.38. The molecular weight excluding hydrogens is 444 g/mol. The van der Waals surface area contributed by atoms with Crippen LogP contribution in [0.4, 0.5) is 0 Å². The van der Waals surface area contributed by atoms with Gasteiger partial charge in [0, 0.05) is 31.1 Å². The summed E-state index contributed by atoms with van der Waals surface area (Å²) in [5, 5.41) is 10.2. The van der Waals surface area contributed by atoms with Crippen LogP contribution in [0.2, 0.25) is 0 Å². The van der Waals surface area contributed by atoms with Crippen molar-refractivity contribution in [3.05, 3.63) is 96.1 Å². The van der Waals surface area contributed by atoms with E-state index in [9.17, 15) is 13.5 Å². The molecule has 2 heterocycles. The lowest BCUT2D eigenvalue weighted by Crippen LogP contribution is -2.67. The number of sulfonamides is 1. The van der Waals surface area contributed by atoms with Gasteiger partial charge in [0.1, 0.15) is 0 Å². The largest absolute Gasteiger partial charge is 0.395 e. The number of benzene rings is 3. The molecule has 2 fully saturated rings. The van der Waals surface area contributed by atoms with E-state index < -0.39 is 10.0 Å². The van der Waals surface area contributed by atoms with Crippen LogP contribution in [0.25, 0.3) is 11.1 Å². The molecule has 0 amide bonds. The number of rotatable bonds is 6. The average Bonchev–Trinajstić information content (AvgIpc) is 2.84. The van der Waals surface area contributed by atoms with Crippen molar-refractivity contribution in [2.75, 3.05) is 26.2 Å². The van der Waals surface area contributed by atoms with Crippen LogP contribution in [-0.2, 0) is 15.8 Å². The third-order valence-electron chi connectivity index (χ3n) is 7.32. The molecule has 0 unspecified atom stereocenters. The minimum Gasteiger partial charge on any atom is -0.395 e. The number of aliphatic hydroxyl groups excluding tert-OH is 1. The van der Waals surface area contributed by atoms with Gasteiger partial charge in [-0.3, -0.25) is 4.90 Å². The van der Waals surface area contributed by atoms with Crippen LogP contribution in [0.5, 0.6) is 0 Å². The van der Waals surface area contributed by atoms with E-state index in [0.29, 0.717) is 13.1 Å². The van der Waals surface area contributed by atoms with Crippen LogP contribution in [-0.4, -0.2) is 61.1 Å². The molecule has 5 rings (SSSR count). The van der Waals surface area contributed by atoms with Crippen molar-refractivity contribution in [1.29, 1.82) is 0 Å². The first kappa shape index (κ1) is 23.2. The summed E-state index contributed by atoms with van der Waals surface area (Å²) in [4.78, 5) is 2.32. The van der Waals surface area contributed by atoms with E-state index in [0.717, 1.165) is 30.5 Å². The summed E-state index contributed by atoms with van der Waals surface area (Å²) in [6, 6.07) is 28.4. The van der Waals surface area contributed by atoms with Crippen LogP contribution in [0.15, 0.2) is 84.9 Å². The number of nitrogens with zero attached hydrogens (tertiary/aromatic N) is 2. The second kappa shape index (κ2) is 10.0. The lowest BCUT2D eigenvalue weighted by atomic mass is 9.74. The van der Waals surface area contributed by atoms with Crippen LogP contribution in [0.1, 0.15) is 29.9 Å². The molecule has 0 saturated carbocycles. The van der Waals surface area contributed by atoms with Gasteiger partial charge in [-0.15, -0.1) is 0 Å². The standard InChI is InChI=1S/C28H32N2O3S/c31-20-27-28(25-15-13-24(14-16-25)23-11-5-2-6-12-23)26-19-29(17-7-8-18-30(26)27)34(32,33)21-22-9-3-1-4-10-22/h1-6,9-16,26-28,31H,7-8,17-21H2/t26-,27+,28-/m1/s1. The van der Waals surface area contributed by atoms with Crippen LogP contribution < -0.4 is 0 Å². The van der Waals surface area contributed by atoms with Crippen molar-refractivity contribution in [2.24, 2.45) is 0 Å². The Bertz CT molecular complexity index is 1180. The van der Waals surface area contributed by atoms with E-state index in [1.165, 1.54) is 11.1 Å². The van der Waals surface area contributed by atoms with E-state index in [4.69, 9.17) is 0 Å². The fraction of sp³-hybridized carbons (Fsp3) is 0.357. The van der Waals surface area contributed by atoms with Gasteiger partial charge in [0.15, 0.2) is 0 Å². The zero-order chi connectivity index (χ0) is 23.5. The van der Waals surface area contributed by atoms with Gasteiger partial charge in [-0.2, -0.15) is 0 Å². The molecule has 0 radical (unpaired) electrons. The molecule has 0 aromatic heterocycles. The average molecular weight is 477 g/mol. The Morgan fingerprint density at radius 2 is 1.41 bits per heavy atom. The number of fused-ring (bicyclic) bond motifs is 1. The van der Waals surface area contributed by atoms with Crippen molar-refractivity contribution in [1.82, 2.24) is 9.21 Å². The molecule has 34 heavy (non-hydrogen) atoms. The summed E-state index contributed by atoms with van der Waals surface area (Å²) in [6.45, 7) is 2.01. The lowest BCUT2D eigenvalue weighted by molar-refractivity contribution is -0.0554. The Balaban J connectivity index is 1.38. The molecule has 1 N–H and O–H groups in total. The first-order valence-corrected chi connectivity index (χ1v) is 13.7. The summed E-state index contributed by atoms with van der Waals surface area (Å²) >= 11 is 0. The van der Waals surface area contributed by atoms with Crippen molar-refractivity contribution in [2.45, 2.75) is 36.6 Å². The van der Waals surface area contributed by atoms with Crippen LogP contribution in [0.3, 0.4) is 0 Å². The minimum absolute atomic E-state index is 0.0282. The van der Waals surface area contributed by atoms with Gasteiger partial charge in [0.25, 0.3) is 0 Å². The third kappa shape index (κ3) is 4.68. The van der Waals surface area contributed by atoms with Crippen molar-refractivity contribution in [3.63, 3.8) is 0 Å². The summed E-state index contributed by atoms with van der Waals surface area (Å²) in [5.41, 5.74) is 4.32. The van der Waals surface area contributed by atoms with Gasteiger partial charge in [-0.05, 0) is 41.6 Å². The van der Waals surface area contributed by atoms with E-state index in [2.05, 4.69) is 41.3 Å². The number of hydrogen-bond donors (Lipinski definition) is 1. The molecule has 2 aliphatic heterocycles. The van der Waals surface area contributed by atoms with Crippen LogP contribution in [0, 0.1) is 0 Å². The molecule has 5 nitrogen and oxygen atoms in total. The molecular formula is C28H32N2O3S. The molecule has 0 aliphatic carbocycles. The van der Waals surface area contributed by atoms with E-state index >= 15 is 0 Å². The van der Waals surface area contributed by atoms with Gasteiger partial charge >= 0.3 is 0 Å². The highest BCUT2D eigenvalue weighted by Crippen LogP contribution is 2.42. The topological polar surface area (TPSA) is 60.9 Å². The quantitative estimate of drug-likeness (QED) is 0.582. The Labute approximate surface area is 202 Å². The molecule has 0 bridgehead atoms. The zero-order valence-electron chi connectivity index (χ0n) is 19.3. The molecule has 3 aromatic rings. The summed E-state index contributed by atoms with van der Waals surface area (Å²) in [6.07, 6.45) is 1.77. The Morgan fingerprint density at radius 3 is 2.09 bits per heavy atom. The van der Waals surface area contributed by atoms with Gasteiger partial charge in [0.2, 0.25) is 10.0 Å². The van der Waals surface area contributed by atoms with E-state index in [-0.39, 0.29) is 30.4 Å². The van der Waals surface area contributed by atoms with Gasteiger partial charge in [-0.25, -0.2) is 12.7 Å². The van der Waals surface area contributed by atoms with E-state index in [1.54, 1.807) is 4.31 Å². The Hall–Kier alpha value is -2.51. The Morgan fingerprint density at radius 1 is 0.794 bits per heavy atom. The Kier molecular flexibility index (Phi) is 6.84. The molecule has 178 valence electrons.